The maximum atomic E-state index is 12.0. The number of hydrogen-bond acceptors (Lipinski definition) is 4. The molecule has 1 fully saturated rings. The van der Waals surface area contributed by atoms with E-state index in [9.17, 15) is 16.8 Å². The quantitative estimate of drug-likeness (QED) is 0.833. The highest BCUT2D eigenvalue weighted by molar-refractivity contribution is 7.93. The Labute approximate surface area is 114 Å². The highest BCUT2D eigenvalue weighted by Crippen LogP contribution is 2.27. The predicted molar refractivity (Wildman–Crippen MR) is 75.6 cm³/mol. The number of sulfonamides is 1. The van der Waals surface area contributed by atoms with Gasteiger partial charge in [0.05, 0.1) is 29.5 Å². The molecule has 0 aliphatic carbocycles. The van der Waals surface area contributed by atoms with Crippen molar-refractivity contribution in [2.24, 2.45) is 0 Å². The first kappa shape index (κ1) is 14.3. The van der Waals surface area contributed by atoms with Crippen LogP contribution in [0.5, 0.6) is 0 Å². The van der Waals surface area contributed by atoms with E-state index in [0.29, 0.717) is 12.1 Å². The number of sulfone groups is 1. The number of rotatable bonds is 3. The molecule has 2 rings (SSSR count). The molecular formula is C12H17NO4S2. The average molecular weight is 303 g/mol. The summed E-state index contributed by atoms with van der Waals surface area (Å²) in [5.74, 6) is -0.0521. The predicted octanol–water partition coefficient (Wildman–Crippen LogP) is 0.948. The van der Waals surface area contributed by atoms with Gasteiger partial charge in [-0.2, -0.15) is 0 Å². The van der Waals surface area contributed by atoms with Crippen molar-refractivity contribution >= 4 is 25.5 Å². The fourth-order valence-electron chi connectivity index (χ4n) is 2.40. The van der Waals surface area contributed by atoms with Crippen molar-refractivity contribution in [3.05, 3.63) is 29.8 Å². The maximum absolute atomic E-state index is 12.0. The highest BCUT2D eigenvalue weighted by atomic mass is 32.2. The summed E-state index contributed by atoms with van der Waals surface area (Å²) in [6, 6.07) is 6.59. The van der Waals surface area contributed by atoms with Gasteiger partial charge >= 0.3 is 0 Å². The van der Waals surface area contributed by atoms with Crippen molar-refractivity contribution in [1.29, 1.82) is 0 Å². The van der Waals surface area contributed by atoms with Gasteiger partial charge in [-0.3, -0.25) is 4.31 Å². The highest BCUT2D eigenvalue weighted by Gasteiger charge is 2.36. The van der Waals surface area contributed by atoms with Crippen LogP contribution in [0.2, 0.25) is 0 Å². The Kier molecular flexibility index (Phi) is 3.61. The second-order valence-corrected chi connectivity index (χ2v) is 9.04. The van der Waals surface area contributed by atoms with Gasteiger partial charge in [-0.05, 0) is 31.0 Å². The molecule has 1 aromatic carbocycles. The largest absolute Gasteiger partial charge is 0.266 e. The monoisotopic (exact) mass is 303 g/mol. The van der Waals surface area contributed by atoms with Gasteiger partial charge in [-0.15, -0.1) is 0 Å². The summed E-state index contributed by atoms with van der Waals surface area (Å²) in [4.78, 5) is 0. The lowest BCUT2D eigenvalue weighted by molar-refractivity contribution is 0.586. The van der Waals surface area contributed by atoms with Gasteiger partial charge in [-0.1, -0.05) is 12.1 Å². The van der Waals surface area contributed by atoms with Gasteiger partial charge in [0.2, 0.25) is 10.0 Å². The van der Waals surface area contributed by atoms with E-state index in [2.05, 4.69) is 0 Å². The van der Waals surface area contributed by atoms with E-state index in [1.165, 1.54) is 4.31 Å². The number of benzene rings is 1. The molecule has 19 heavy (non-hydrogen) atoms. The minimum absolute atomic E-state index is 0.0511. The zero-order valence-corrected chi connectivity index (χ0v) is 12.5. The molecule has 0 bridgehead atoms. The minimum atomic E-state index is -3.50. The van der Waals surface area contributed by atoms with Gasteiger partial charge in [0, 0.05) is 0 Å². The Morgan fingerprint density at radius 3 is 2.47 bits per heavy atom. The third-order valence-electron chi connectivity index (χ3n) is 3.15. The Hall–Kier alpha value is -1.08. The standard InChI is InChI=1S/C12H17NO4S2/c1-10-4-3-5-11(8-10)13(18(2,14)15)12-6-7-19(16,17)9-12/h3-5,8,12H,6-7,9H2,1-2H3. The van der Waals surface area contributed by atoms with Crippen LogP contribution in [0.1, 0.15) is 12.0 Å². The summed E-state index contributed by atoms with van der Waals surface area (Å²) < 4.78 is 48.3. The van der Waals surface area contributed by atoms with Crippen molar-refractivity contribution < 1.29 is 16.8 Å². The summed E-state index contributed by atoms with van der Waals surface area (Å²) in [5, 5.41) is 0. The second kappa shape index (κ2) is 4.79. The van der Waals surface area contributed by atoms with Crippen LogP contribution < -0.4 is 4.31 Å². The van der Waals surface area contributed by atoms with E-state index in [-0.39, 0.29) is 11.5 Å². The molecule has 0 N–H and O–H groups in total. The third kappa shape index (κ3) is 3.27. The summed E-state index contributed by atoms with van der Waals surface area (Å²) in [6.07, 6.45) is 1.46. The van der Waals surface area contributed by atoms with Crippen LogP contribution in [0.4, 0.5) is 5.69 Å². The fraction of sp³-hybridized carbons (Fsp3) is 0.500. The van der Waals surface area contributed by atoms with E-state index in [1.54, 1.807) is 18.2 Å². The van der Waals surface area contributed by atoms with Crippen molar-refractivity contribution in [3.63, 3.8) is 0 Å². The first-order valence-corrected chi connectivity index (χ1v) is 9.62. The van der Waals surface area contributed by atoms with E-state index < -0.39 is 25.9 Å². The molecule has 1 saturated heterocycles. The molecule has 0 amide bonds. The van der Waals surface area contributed by atoms with Crippen LogP contribution in [0.15, 0.2) is 24.3 Å². The smallest absolute Gasteiger partial charge is 0.232 e. The third-order valence-corrected chi connectivity index (χ3v) is 6.13. The topological polar surface area (TPSA) is 71.5 Å². The average Bonchev–Trinajstić information content (AvgIpc) is 2.56. The Morgan fingerprint density at radius 2 is 2.00 bits per heavy atom. The molecule has 5 nitrogen and oxygen atoms in total. The fourth-order valence-corrected chi connectivity index (χ4v) is 5.41. The van der Waals surface area contributed by atoms with Gasteiger partial charge in [0.25, 0.3) is 0 Å². The normalized spacial score (nSPS) is 22.3. The second-order valence-electron chi connectivity index (χ2n) is 4.95. The van der Waals surface area contributed by atoms with Gasteiger partial charge in [0.1, 0.15) is 0 Å². The molecule has 1 aliphatic heterocycles. The molecule has 0 aromatic heterocycles. The van der Waals surface area contributed by atoms with E-state index in [1.807, 2.05) is 13.0 Å². The summed E-state index contributed by atoms with van der Waals surface area (Å²) in [5.41, 5.74) is 1.47. The molecule has 0 spiro atoms. The van der Waals surface area contributed by atoms with Crippen LogP contribution in [0, 0.1) is 6.92 Å². The van der Waals surface area contributed by atoms with Crippen molar-refractivity contribution in [1.82, 2.24) is 0 Å². The first-order valence-electron chi connectivity index (χ1n) is 5.95. The molecule has 1 aromatic rings. The van der Waals surface area contributed by atoms with Crippen LogP contribution in [-0.4, -0.2) is 40.6 Å². The van der Waals surface area contributed by atoms with Crippen molar-refractivity contribution in [3.8, 4) is 0 Å². The number of nitrogens with zero attached hydrogens (tertiary/aromatic N) is 1. The van der Waals surface area contributed by atoms with E-state index in [0.717, 1.165) is 11.8 Å². The molecule has 1 aliphatic rings. The van der Waals surface area contributed by atoms with Crippen molar-refractivity contribution in [2.45, 2.75) is 19.4 Å². The summed E-state index contributed by atoms with van der Waals surface area (Å²) in [7, 11) is -6.62. The molecular weight excluding hydrogens is 286 g/mol. The molecule has 1 unspecified atom stereocenters. The van der Waals surface area contributed by atoms with E-state index >= 15 is 0 Å². The first-order chi connectivity index (χ1) is 8.69. The molecule has 1 heterocycles. The van der Waals surface area contributed by atoms with Gasteiger partial charge in [-0.25, -0.2) is 16.8 Å². The van der Waals surface area contributed by atoms with Crippen LogP contribution in [0.25, 0.3) is 0 Å². The molecule has 7 heteroatoms. The van der Waals surface area contributed by atoms with Crippen LogP contribution in [0.3, 0.4) is 0 Å². The molecule has 106 valence electrons. The van der Waals surface area contributed by atoms with Crippen LogP contribution in [-0.2, 0) is 19.9 Å². The molecule has 0 radical (unpaired) electrons. The Morgan fingerprint density at radius 1 is 1.32 bits per heavy atom. The summed E-state index contributed by atoms with van der Waals surface area (Å²) >= 11 is 0. The lowest BCUT2D eigenvalue weighted by Gasteiger charge is -2.28. The Bertz CT molecular complexity index is 679. The lowest BCUT2D eigenvalue weighted by atomic mass is 10.2. The Balaban J connectivity index is 2.44. The minimum Gasteiger partial charge on any atom is -0.266 e. The molecule has 0 saturated carbocycles. The SMILES string of the molecule is Cc1cccc(N(C2CCS(=O)(=O)C2)S(C)(=O)=O)c1. The molecule has 1 atom stereocenters. The van der Waals surface area contributed by atoms with Gasteiger partial charge < -0.3 is 0 Å². The zero-order chi connectivity index (χ0) is 14.3. The zero-order valence-electron chi connectivity index (χ0n) is 10.9. The summed E-state index contributed by atoms with van der Waals surface area (Å²) in [6.45, 7) is 1.87. The maximum Gasteiger partial charge on any atom is 0.232 e. The number of hydrogen-bond donors (Lipinski definition) is 0. The van der Waals surface area contributed by atoms with Gasteiger partial charge in [0.15, 0.2) is 9.84 Å². The lowest BCUT2D eigenvalue weighted by Crippen LogP contribution is -2.40. The number of aryl methyl sites for hydroxylation is 1. The number of anilines is 1. The van der Waals surface area contributed by atoms with Crippen LogP contribution >= 0.6 is 0 Å². The van der Waals surface area contributed by atoms with Crippen molar-refractivity contribution in [2.75, 3.05) is 22.1 Å². The van der Waals surface area contributed by atoms with E-state index in [4.69, 9.17) is 0 Å².